The van der Waals surface area contributed by atoms with Crippen molar-refractivity contribution in [1.29, 1.82) is 0 Å². The molecule has 2 aromatic rings. The fourth-order valence-electron chi connectivity index (χ4n) is 1.05. The number of hydrogen-bond donors (Lipinski definition) is 1. The molecule has 0 aromatic carbocycles. The summed E-state index contributed by atoms with van der Waals surface area (Å²) in [5.41, 5.74) is 0.653. The molecule has 7 heteroatoms. The second kappa shape index (κ2) is 3.91. The van der Waals surface area contributed by atoms with Gasteiger partial charge in [-0.1, -0.05) is 5.16 Å². The topological polar surface area (TPSA) is 102 Å². The summed E-state index contributed by atoms with van der Waals surface area (Å²) in [7, 11) is 0. The van der Waals surface area contributed by atoms with Gasteiger partial charge >= 0.3 is 5.97 Å². The SMILES string of the molecule is O=C(O)Cc1noc(Cc2cocn2)n1. The summed E-state index contributed by atoms with van der Waals surface area (Å²) >= 11 is 0. The summed E-state index contributed by atoms with van der Waals surface area (Å²) in [4.78, 5) is 18.1. The van der Waals surface area contributed by atoms with Crippen LogP contribution in [0.25, 0.3) is 0 Å². The predicted octanol–water partition coefficient (Wildman–Crippen LogP) is 0.276. The van der Waals surface area contributed by atoms with Crippen LogP contribution in [0.15, 0.2) is 21.6 Å². The highest BCUT2D eigenvalue weighted by molar-refractivity contribution is 5.68. The van der Waals surface area contributed by atoms with E-state index in [-0.39, 0.29) is 12.2 Å². The van der Waals surface area contributed by atoms with E-state index in [2.05, 4.69) is 15.1 Å². The average Bonchev–Trinajstić information content (AvgIpc) is 2.77. The lowest BCUT2D eigenvalue weighted by Gasteiger charge is -1.85. The number of rotatable bonds is 4. The first-order valence-electron chi connectivity index (χ1n) is 4.14. The molecule has 78 valence electrons. The molecular formula is C8H7N3O4. The molecule has 0 atom stereocenters. The fraction of sp³-hybridized carbons (Fsp3) is 0.250. The number of carboxylic acids is 1. The van der Waals surface area contributed by atoms with Crippen LogP contribution in [0.4, 0.5) is 0 Å². The first-order chi connectivity index (χ1) is 7.24. The van der Waals surface area contributed by atoms with Crippen molar-refractivity contribution < 1.29 is 18.8 Å². The molecule has 0 spiro atoms. The molecule has 2 aromatic heterocycles. The number of nitrogens with zero attached hydrogens (tertiary/aromatic N) is 3. The van der Waals surface area contributed by atoms with E-state index < -0.39 is 5.97 Å². The van der Waals surface area contributed by atoms with Crippen LogP contribution >= 0.6 is 0 Å². The minimum Gasteiger partial charge on any atom is -0.481 e. The monoisotopic (exact) mass is 209 g/mol. The molecule has 0 radical (unpaired) electrons. The van der Waals surface area contributed by atoms with Crippen molar-refractivity contribution in [3.8, 4) is 0 Å². The molecule has 0 aliphatic carbocycles. The van der Waals surface area contributed by atoms with Crippen LogP contribution in [0.1, 0.15) is 17.4 Å². The normalized spacial score (nSPS) is 10.4. The molecule has 0 unspecified atom stereocenters. The maximum absolute atomic E-state index is 10.3. The van der Waals surface area contributed by atoms with Gasteiger partial charge in [-0.3, -0.25) is 4.79 Å². The third-order valence-corrected chi connectivity index (χ3v) is 1.64. The third-order valence-electron chi connectivity index (χ3n) is 1.64. The number of hydrogen-bond acceptors (Lipinski definition) is 6. The quantitative estimate of drug-likeness (QED) is 0.771. The summed E-state index contributed by atoms with van der Waals surface area (Å²) in [6.45, 7) is 0. The highest BCUT2D eigenvalue weighted by Crippen LogP contribution is 2.05. The van der Waals surface area contributed by atoms with Gasteiger partial charge < -0.3 is 14.0 Å². The zero-order chi connectivity index (χ0) is 10.7. The van der Waals surface area contributed by atoms with Crippen LogP contribution in [0.3, 0.4) is 0 Å². The van der Waals surface area contributed by atoms with Gasteiger partial charge in [0.25, 0.3) is 0 Å². The average molecular weight is 209 g/mol. The zero-order valence-corrected chi connectivity index (χ0v) is 7.58. The van der Waals surface area contributed by atoms with Gasteiger partial charge in [-0.2, -0.15) is 4.98 Å². The van der Waals surface area contributed by atoms with Crippen LogP contribution in [-0.4, -0.2) is 26.2 Å². The Hall–Kier alpha value is -2.18. The Kier molecular flexibility index (Phi) is 2.44. The van der Waals surface area contributed by atoms with Gasteiger partial charge in [0.1, 0.15) is 12.7 Å². The number of oxazole rings is 1. The van der Waals surface area contributed by atoms with Crippen LogP contribution in [-0.2, 0) is 17.6 Å². The van der Waals surface area contributed by atoms with Crippen molar-refractivity contribution in [1.82, 2.24) is 15.1 Å². The molecule has 0 aliphatic rings. The number of aromatic nitrogens is 3. The second-order valence-corrected chi connectivity index (χ2v) is 2.83. The fourth-order valence-corrected chi connectivity index (χ4v) is 1.05. The largest absolute Gasteiger partial charge is 0.481 e. The highest BCUT2D eigenvalue weighted by atomic mass is 16.5. The Morgan fingerprint density at radius 1 is 1.53 bits per heavy atom. The van der Waals surface area contributed by atoms with Crippen molar-refractivity contribution in [2.75, 3.05) is 0 Å². The Bertz CT molecular complexity index is 448. The number of carboxylic acid groups (broad SMARTS) is 1. The highest BCUT2D eigenvalue weighted by Gasteiger charge is 2.11. The maximum atomic E-state index is 10.3. The Morgan fingerprint density at radius 2 is 2.40 bits per heavy atom. The van der Waals surface area contributed by atoms with E-state index in [9.17, 15) is 4.79 Å². The first-order valence-corrected chi connectivity index (χ1v) is 4.14. The van der Waals surface area contributed by atoms with Crippen LogP contribution < -0.4 is 0 Å². The van der Waals surface area contributed by atoms with Crippen LogP contribution in [0.5, 0.6) is 0 Å². The molecule has 0 fully saturated rings. The van der Waals surface area contributed by atoms with E-state index in [1.807, 2.05) is 0 Å². The molecule has 0 saturated heterocycles. The van der Waals surface area contributed by atoms with Gasteiger partial charge in [-0.25, -0.2) is 4.98 Å². The molecule has 0 saturated carbocycles. The van der Waals surface area contributed by atoms with E-state index in [1.165, 1.54) is 12.7 Å². The van der Waals surface area contributed by atoms with E-state index >= 15 is 0 Å². The summed E-state index contributed by atoms with van der Waals surface area (Å²) in [5, 5.41) is 12.0. The standard InChI is InChI=1S/C8H7N3O4/c12-8(13)2-6-10-7(15-11-6)1-5-3-14-4-9-5/h3-4H,1-2H2,(H,12,13). The lowest BCUT2D eigenvalue weighted by molar-refractivity contribution is -0.136. The van der Waals surface area contributed by atoms with Crippen LogP contribution in [0.2, 0.25) is 0 Å². The van der Waals surface area contributed by atoms with Gasteiger partial charge in [0.15, 0.2) is 12.2 Å². The van der Waals surface area contributed by atoms with Gasteiger partial charge in [0.2, 0.25) is 5.89 Å². The third kappa shape index (κ3) is 2.39. The number of aliphatic carboxylic acids is 1. The van der Waals surface area contributed by atoms with Crippen molar-refractivity contribution in [2.24, 2.45) is 0 Å². The molecule has 15 heavy (non-hydrogen) atoms. The van der Waals surface area contributed by atoms with Gasteiger partial charge in [-0.15, -0.1) is 0 Å². The molecule has 2 rings (SSSR count). The Balaban J connectivity index is 2.04. The number of carbonyl (C=O) groups is 1. The zero-order valence-electron chi connectivity index (χ0n) is 7.58. The maximum Gasteiger partial charge on any atom is 0.311 e. The van der Waals surface area contributed by atoms with E-state index in [4.69, 9.17) is 14.0 Å². The first kappa shape index (κ1) is 9.38. The molecule has 0 amide bonds. The van der Waals surface area contributed by atoms with E-state index in [0.29, 0.717) is 18.0 Å². The molecule has 2 heterocycles. The van der Waals surface area contributed by atoms with Crippen LogP contribution in [0, 0.1) is 0 Å². The van der Waals surface area contributed by atoms with Crippen molar-refractivity contribution in [3.05, 3.63) is 30.1 Å². The minimum atomic E-state index is -0.996. The Morgan fingerprint density at radius 3 is 3.07 bits per heavy atom. The smallest absolute Gasteiger partial charge is 0.311 e. The van der Waals surface area contributed by atoms with Crippen molar-refractivity contribution in [2.45, 2.75) is 12.8 Å². The minimum absolute atomic E-state index is 0.154. The summed E-state index contributed by atoms with van der Waals surface area (Å²) in [6, 6.07) is 0. The summed E-state index contributed by atoms with van der Waals surface area (Å²) in [6.07, 6.45) is 2.84. The predicted molar refractivity (Wildman–Crippen MR) is 44.9 cm³/mol. The van der Waals surface area contributed by atoms with Crippen molar-refractivity contribution in [3.63, 3.8) is 0 Å². The molecule has 0 aliphatic heterocycles. The molecule has 1 N–H and O–H groups in total. The molecular weight excluding hydrogens is 202 g/mol. The summed E-state index contributed by atoms with van der Waals surface area (Å²) < 4.78 is 9.60. The van der Waals surface area contributed by atoms with Gasteiger partial charge in [0, 0.05) is 0 Å². The molecule has 7 nitrogen and oxygen atoms in total. The Labute approximate surface area is 83.7 Å². The lowest BCUT2D eigenvalue weighted by Crippen LogP contribution is -2.01. The van der Waals surface area contributed by atoms with Crippen molar-refractivity contribution >= 4 is 5.97 Å². The van der Waals surface area contributed by atoms with Gasteiger partial charge in [-0.05, 0) is 0 Å². The summed E-state index contributed by atoms with van der Waals surface area (Å²) in [5.74, 6) is -0.523. The second-order valence-electron chi connectivity index (χ2n) is 2.83. The van der Waals surface area contributed by atoms with Gasteiger partial charge in [0.05, 0.1) is 12.1 Å². The van der Waals surface area contributed by atoms with E-state index in [0.717, 1.165) is 0 Å². The lowest BCUT2D eigenvalue weighted by atomic mass is 10.3. The molecule has 0 bridgehead atoms. The van der Waals surface area contributed by atoms with E-state index in [1.54, 1.807) is 0 Å².